The molecule has 0 unspecified atom stereocenters. The molecule has 2 aromatic heterocycles. The predicted octanol–water partition coefficient (Wildman–Crippen LogP) is 1.69. The summed E-state index contributed by atoms with van der Waals surface area (Å²) in [5, 5.41) is 4.08. The van der Waals surface area contributed by atoms with Gasteiger partial charge in [-0.05, 0) is 6.07 Å². The number of aromatic nitrogens is 3. The van der Waals surface area contributed by atoms with Gasteiger partial charge in [-0.25, -0.2) is 4.98 Å². The monoisotopic (exact) mass is 224 g/mol. The number of nitrogens with one attached hydrogen (secondary N) is 2. The number of hydrogen-bond donors (Lipinski definition) is 2. The Balaban J connectivity index is 1.86. The van der Waals surface area contributed by atoms with E-state index in [1.807, 2.05) is 30.1 Å². The van der Waals surface area contributed by atoms with Crippen LogP contribution in [-0.4, -0.2) is 14.5 Å². The van der Waals surface area contributed by atoms with Crippen molar-refractivity contribution < 1.29 is 0 Å². The molecule has 0 amide bonds. The summed E-state index contributed by atoms with van der Waals surface area (Å²) in [4.78, 5) is 6.98. The Morgan fingerprint density at radius 1 is 1.53 bits per heavy atom. The fraction of sp³-hybridized carbons (Fsp3) is 0.300. The summed E-state index contributed by atoms with van der Waals surface area (Å²) < 4.78 is 2.02. The molecule has 0 bridgehead atoms. The lowest BCUT2D eigenvalue weighted by molar-refractivity contribution is 0.647. The van der Waals surface area contributed by atoms with E-state index in [0.717, 1.165) is 23.8 Å². The van der Waals surface area contributed by atoms with E-state index in [4.69, 9.17) is 11.6 Å². The van der Waals surface area contributed by atoms with E-state index in [1.54, 1.807) is 6.33 Å². The maximum Gasteiger partial charge on any atom is 0.0922 e. The Hall–Kier alpha value is -1.26. The molecule has 2 N–H and O–H groups in total. The molecular formula is C10H13ClN4. The second-order valence-corrected chi connectivity index (χ2v) is 3.88. The summed E-state index contributed by atoms with van der Waals surface area (Å²) in [7, 11) is 1.99. The summed E-state index contributed by atoms with van der Waals surface area (Å²) >= 11 is 5.88. The molecule has 5 heteroatoms. The smallest absolute Gasteiger partial charge is 0.0922 e. The van der Waals surface area contributed by atoms with Crippen molar-refractivity contribution >= 4 is 11.6 Å². The first kappa shape index (κ1) is 10.3. The highest BCUT2D eigenvalue weighted by Crippen LogP contribution is 2.12. The number of imidazole rings is 1. The molecule has 2 aromatic rings. The molecule has 0 spiro atoms. The van der Waals surface area contributed by atoms with Crippen LogP contribution in [0.2, 0.25) is 5.02 Å². The van der Waals surface area contributed by atoms with Crippen molar-refractivity contribution in [2.24, 2.45) is 7.05 Å². The molecule has 4 nitrogen and oxygen atoms in total. The number of hydrogen-bond acceptors (Lipinski definition) is 2. The van der Waals surface area contributed by atoms with Crippen LogP contribution in [0, 0.1) is 0 Å². The quantitative estimate of drug-likeness (QED) is 0.830. The fourth-order valence-electron chi connectivity index (χ4n) is 1.45. The van der Waals surface area contributed by atoms with Crippen molar-refractivity contribution in [2.45, 2.75) is 13.1 Å². The largest absolute Gasteiger partial charge is 0.352 e. The highest BCUT2D eigenvalue weighted by atomic mass is 35.5. The Bertz CT molecular complexity index is 419. The van der Waals surface area contributed by atoms with Gasteiger partial charge in [0, 0.05) is 43.9 Å². The number of aryl methyl sites for hydroxylation is 1. The van der Waals surface area contributed by atoms with Crippen molar-refractivity contribution in [1.29, 1.82) is 0 Å². The first-order valence-electron chi connectivity index (χ1n) is 4.74. The molecule has 0 aliphatic rings. The third-order valence-corrected chi connectivity index (χ3v) is 2.46. The lowest BCUT2D eigenvalue weighted by Gasteiger charge is -2.04. The van der Waals surface area contributed by atoms with Gasteiger partial charge in [0.25, 0.3) is 0 Å². The van der Waals surface area contributed by atoms with E-state index in [9.17, 15) is 0 Å². The average Bonchev–Trinajstić information content (AvgIpc) is 2.77. The number of halogens is 1. The van der Waals surface area contributed by atoms with Gasteiger partial charge in [-0.1, -0.05) is 11.6 Å². The van der Waals surface area contributed by atoms with Gasteiger partial charge >= 0.3 is 0 Å². The topological polar surface area (TPSA) is 45.6 Å². The van der Waals surface area contributed by atoms with Gasteiger partial charge in [-0.15, -0.1) is 0 Å². The maximum atomic E-state index is 5.88. The number of nitrogens with zero attached hydrogens (tertiary/aromatic N) is 2. The van der Waals surface area contributed by atoms with Gasteiger partial charge in [0.1, 0.15) is 0 Å². The molecule has 0 saturated carbocycles. The molecule has 0 saturated heterocycles. The molecule has 0 aromatic carbocycles. The number of rotatable bonds is 4. The lowest BCUT2D eigenvalue weighted by Crippen LogP contribution is -2.14. The minimum atomic E-state index is 0.774. The molecule has 2 rings (SSSR count). The minimum absolute atomic E-state index is 0.774. The van der Waals surface area contributed by atoms with E-state index >= 15 is 0 Å². The summed E-state index contributed by atoms with van der Waals surface area (Å²) in [6, 6.07) is 1.96. The summed E-state index contributed by atoms with van der Waals surface area (Å²) in [6.07, 6.45) is 5.39. The van der Waals surface area contributed by atoms with Crippen molar-refractivity contribution in [3.63, 3.8) is 0 Å². The van der Waals surface area contributed by atoms with E-state index in [0.29, 0.717) is 0 Å². The zero-order valence-corrected chi connectivity index (χ0v) is 9.25. The van der Waals surface area contributed by atoms with Crippen LogP contribution < -0.4 is 5.32 Å². The Morgan fingerprint density at radius 2 is 2.40 bits per heavy atom. The van der Waals surface area contributed by atoms with E-state index < -0.39 is 0 Å². The second-order valence-electron chi connectivity index (χ2n) is 3.44. The number of aromatic amines is 1. The van der Waals surface area contributed by atoms with Crippen molar-refractivity contribution in [1.82, 2.24) is 19.9 Å². The first-order chi connectivity index (χ1) is 7.25. The van der Waals surface area contributed by atoms with Gasteiger partial charge in [0.2, 0.25) is 0 Å². The van der Waals surface area contributed by atoms with Crippen LogP contribution in [0.5, 0.6) is 0 Å². The zero-order chi connectivity index (χ0) is 10.7. The lowest BCUT2D eigenvalue weighted by atomic mass is 10.4. The van der Waals surface area contributed by atoms with Crippen LogP contribution in [-0.2, 0) is 20.1 Å². The standard InChI is InChI=1S/C10H13ClN4/c1-15-6-8(11)2-10(15)5-12-3-9-4-13-7-14-9/h2,4,6-7,12H,3,5H2,1H3,(H,13,14). The van der Waals surface area contributed by atoms with Crippen LogP contribution >= 0.6 is 11.6 Å². The van der Waals surface area contributed by atoms with E-state index in [1.165, 1.54) is 5.69 Å². The summed E-state index contributed by atoms with van der Waals surface area (Å²) in [5.74, 6) is 0. The van der Waals surface area contributed by atoms with Crippen molar-refractivity contribution in [2.75, 3.05) is 0 Å². The SMILES string of the molecule is Cn1cc(Cl)cc1CNCc1cnc[nH]1. The highest BCUT2D eigenvalue weighted by molar-refractivity contribution is 6.30. The maximum absolute atomic E-state index is 5.88. The molecule has 0 atom stereocenters. The van der Waals surface area contributed by atoms with Gasteiger partial charge in [-0.2, -0.15) is 0 Å². The molecular weight excluding hydrogens is 212 g/mol. The van der Waals surface area contributed by atoms with Crippen molar-refractivity contribution in [3.8, 4) is 0 Å². The van der Waals surface area contributed by atoms with Crippen LogP contribution in [0.3, 0.4) is 0 Å². The zero-order valence-electron chi connectivity index (χ0n) is 8.50. The Morgan fingerprint density at radius 3 is 3.00 bits per heavy atom. The first-order valence-corrected chi connectivity index (χ1v) is 5.12. The minimum Gasteiger partial charge on any atom is -0.352 e. The van der Waals surface area contributed by atoms with Crippen LogP contribution in [0.4, 0.5) is 0 Å². The highest BCUT2D eigenvalue weighted by Gasteiger charge is 2.00. The third-order valence-electron chi connectivity index (χ3n) is 2.25. The third kappa shape index (κ3) is 2.61. The van der Waals surface area contributed by atoms with Gasteiger partial charge in [-0.3, -0.25) is 0 Å². The summed E-state index contributed by atoms with van der Waals surface area (Å²) in [6.45, 7) is 1.57. The molecule has 80 valence electrons. The molecule has 0 radical (unpaired) electrons. The van der Waals surface area contributed by atoms with Crippen LogP contribution in [0.25, 0.3) is 0 Å². The Kier molecular flexibility index (Phi) is 3.08. The summed E-state index contributed by atoms with van der Waals surface area (Å²) in [5.41, 5.74) is 2.25. The molecule has 2 heterocycles. The predicted molar refractivity (Wildman–Crippen MR) is 59.6 cm³/mol. The van der Waals surface area contributed by atoms with Crippen LogP contribution in [0.1, 0.15) is 11.4 Å². The van der Waals surface area contributed by atoms with Gasteiger partial charge < -0.3 is 14.9 Å². The number of H-pyrrole nitrogens is 1. The average molecular weight is 225 g/mol. The van der Waals surface area contributed by atoms with Gasteiger partial charge in [0.15, 0.2) is 0 Å². The molecule has 15 heavy (non-hydrogen) atoms. The van der Waals surface area contributed by atoms with Crippen LogP contribution in [0.15, 0.2) is 24.8 Å². The molecule has 0 aliphatic heterocycles. The van der Waals surface area contributed by atoms with E-state index in [2.05, 4.69) is 15.3 Å². The van der Waals surface area contributed by atoms with Crippen molar-refractivity contribution in [3.05, 3.63) is 41.2 Å². The molecule has 0 aliphatic carbocycles. The fourth-order valence-corrected chi connectivity index (χ4v) is 1.72. The van der Waals surface area contributed by atoms with E-state index in [-0.39, 0.29) is 0 Å². The molecule has 0 fully saturated rings. The normalized spacial score (nSPS) is 10.8. The second kappa shape index (κ2) is 4.51. The Labute approximate surface area is 93.3 Å². The van der Waals surface area contributed by atoms with Gasteiger partial charge in [0.05, 0.1) is 11.3 Å².